The van der Waals surface area contributed by atoms with E-state index >= 15 is 0 Å². The van der Waals surface area contributed by atoms with Crippen LogP contribution in [0.4, 0.5) is 8.78 Å². The van der Waals surface area contributed by atoms with Crippen molar-refractivity contribution in [3.63, 3.8) is 0 Å². The van der Waals surface area contributed by atoms with E-state index in [1.165, 1.54) is 16.8 Å². The molecule has 7 heteroatoms. The van der Waals surface area contributed by atoms with Crippen molar-refractivity contribution in [2.75, 3.05) is 13.1 Å². The monoisotopic (exact) mass is 348 g/mol. The van der Waals surface area contributed by atoms with Crippen molar-refractivity contribution < 1.29 is 13.6 Å². The average Bonchev–Trinajstić information content (AvgIpc) is 3.03. The number of hydrogen-bond donors (Lipinski definition) is 1. The molecule has 1 aliphatic heterocycles. The quantitative estimate of drug-likeness (QED) is 0.904. The van der Waals surface area contributed by atoms with Gasteiger partial charge in [0.25, 0.3) is 0 Å². The van der Waals surface area contributed by atoms with Crippen LogP contribution >= 0.6 is 0 Å². The summed E-state index contributed by atoms with van der Waals surface area (Å²) in [7, 11) is 0. The predicted octanol–water partition coefficient (Wildman–Crippen LogP) is 2.64. The Hall–Kier alpha value is -2.28. The zero-order chi connectivity index (χ0) is 17.8. The Morgan fingerprint density at radius 1 is 1.36 bits per heavy atom. The van der Waals surface area contributed by atoms with Crippen LogP contribution in [0.2, 0.25) is 0 Å². The number of piperidine rings is 1. The average molecular weight is 348 g/mol. The van der Waals surface area contributed by atoms with Gasteiger partial charge in [0.1, 0.15) is 11.5 Å². The van der Waals surface area contributed by atoms with Crippen molar-refractivity contribution in [2.45, 2.75) is 38.8 Å². The van der Waals surface area contributed by atoms with Crippen LogP contribution in [0.5, 0.6) is 0 Å². The van der Waals surface area contributed by atoms with Gasteiger partial charge in [0.15, 0.2) is 5.82 Å². The number of halogens is 2. The molecule has 0 spiro atoms. The van der Waals surface area contributed by atoms with E-state index in [9.17, 15) is 13.6 Å². The number of hydrogen-bond acceptors (Lipinski definition) is 3. The standard InChI is InChI=1S/C18H22F2N4O/c1-2-18(25)21-14-4-3-8-23(11-14)12-15-7-9-24(22-15)17-6-5-13(19)10-16(17)20/h5-7,9-10,14H,2-4,8,11-12H2,1H3,(H,21,25)/t14-/m0/s1. The van der Waals surface area contributed by atoms with Crippen LogP contribution in [0.1, 0.15) is 31.9 Å². The molecule has 1 amide bonds. The Bertz CT molecular complexity index is 746. The Morgan fingerprint density at radius 2 is 2.20 bits per heavy atom. The third-order valence-corrected chi connectivity index (χ3v) is 4.38. The van der Waals surface area contributed by atoms with E-state index in [-0.39, 0.29) is 17.6 Å². The molecular formula is C18H22F2N4O. The van der Waals surface area contributed by atoms with Crippen LogP contribution in [-0.4, -0.2) is 39.7 Å². The Kier molecular flexibility index (Phi) is 5.43. The second-order valence-electron chi connectivity index (χ2n) is 6.34. The molecule has 1 saturated heterocycles. The van der Waals surface area contributed by atoms with Crippen molar-refractivity contribution >= 4 is 5.91 Å². The van der Waals surface area contributed by atoms with E-state index in [4.69, 9.17) is 0 Å². The van der Waals surface area contributed by atoms with Gasteiger partial charge in [-0.3, -0.25) is 9.69 Å². The van der Waals surface area contributed by atoms with Gasteiger partial charge in [0.2, 0.25) is 5.91 Å². The molecule has 1 aromatic carbocycles. The first-order valence-electron chi connectivity index (χ1n) is 8.57. The van der Waals surface area contributed by atoms with Gasteiger partial charge in [-0.05, 0) is 37.6 Å². The van der Waals surface area contributed by atoms with E-state index < -0.39 is 11.6 Å². The topological polar surface area (TPSA) is 50.2 Å². The fourth-order valence-electron chi connectivity index (χ4n) is 3.12. The molecule has 1 atom stereocenters. The summed E-state index contributed by atoms with van der Waals surface area (Å²) < 4.78 is 28.3. The number of likely N-dealkylation sites (tertiary alicyclic amines) is 1. The Balaban J connectivity index is 1.64. The highest BCUT2D eigenvalue weighted by atomic mass is 19.1. The maximum absolute atomic E-state index is 13.9. The summed E-state index contributed by atoms with van der Waals surface area (Å²) >= 11 is 0. The molecule has 1 aromatic heterocycles. The van der Waals surface area contributed by atoms with E-state index in [1.807, 2.05) is 13.0 Å². The first kappa shape index (κ1) is 17.5. The number of rotatable bonds is 5. The van der Waals surface area contributed by atoms with E-state index in [2.05, 4.69) is 15.3 Å². The molecule has 0 unspecified atom stereocenters. The SMILES string of the molecule is CCC(=O)N[C@H]1CCCN(Cc2ccn(-c3ccc(F)cc3F)n2)C1. The molecule has 3 rings (SSSR count). The van der Waals surface area contributed by atoms with Crippen LogP contribution in [0.3, 0.4) is 0 Å². The minimum Gasteiger partial charge on any atom is -0.352 e. The molecular weight excluding hydrogens is 326 g/mol. The van der Waals surface area contributed by atoms with Gasteiger partial charge in [-0.25, -0.2) is 13.5 Å². The van der Waals surface area contributed by atoms with E-state index in [0.29, 0.717) is 13.0 Å². The number of nitrogens with zero attached hydrogens (tertiary/aromatic N) is 3. The molecule has 134 valence electrons. The van der Waals surface area contributed by atoms with Crippen molar-refractivity contribution in [3.05, 3.63) is 47.8 Å². The van der Waals surface area contributed by atoms with Gasteiger partial charge in [-0.15, -0.1) is 0 Å². The number of carbonyl (C=O) groups is 1. The Morgan fingerprint density at radius 3 is 2.96 bits per heavy atom. The van der Waals surface area contributed by atoms with Gasteiger partial charge in [0, 0.05) is 37.8 Å². The molecule has 25 heavy (non-hydrogen) atoms. The summed E-state index contributed by atoms with van der Waals surface area (Å²) in [5, 5.41) is 7.43. The molecule has 1 N–H and O–H groups in total. The lowest BCUT2D eigenvalue weighted by Crippen LogP contribution is -2.47. The summed E-state index contributed by atoms with van der Waals surface area (Å²) in [6, 6.07) is 5.43. The van der Waals surface area contributed by atoms with Crippen molar-refractivity contribution in [2.24, 2.45) is 0 Å². The smallest absolute Gasteiger partial charge is 0.219 e. The number of carbonyl (C=O) groups excluding carboxylic acids is 1. The summed E-state index contributed by atoms with van der Waals surface area (Å²) in [5.41, 5.74) is 1.03. The first-order chi connectivity index (χ1) is 12.0. The minimum atomic E-state index is -0.644. The number of benzene rings is 1. The molecule has 1 fully saturated rings. The zero-order valence-corrected chi connectivity index (χ0v) is 14.2. The van der Waals surface area contributed by atoms with Gasteiger partial charge in [-0.1, -0.05) is 6.92 Å². The molecule has 2 aromatic rings. The first-order valence-corrected chi connectivity index (χ1v) is 8.57. The summed E-state index contributed by atoms with van der Waals surface area (Å²) in [6.45, 7) is 4.20. The third-order valence-electron chi connectivity index (χ3n) is 4.38. The molecule has 0 saturated carbocycles. The van der Waals surface area contributed by atoms with Gasteiger partial charge < -0.3 is 5.32 Å². The van der Waals surface area contributed by atoms with Gasteiger partial charge in [-0.2, -0.15) is 5.10 Å². The van der Waals surface area contributed by atoms with Crippen LogP contribution < -0.4 is 5.32 Å². The lowest BCUT2D eigenvalue weighted by Gasteiger charge is -2.32. The summed E-state index contributed by atoms with van der Waals surface area (Å²) in [6.07, 6.45) is 4.16. The van der Waals surface area contributed by atoms with Crippen LogP contribution in [-0.2, 0) is 11.3 Å². The van der Waals surface area contributed by atoms with Gasteiger partial charge in [0.05, 0.1) is 5.69 Å². The second kappa shape index (κ2) is 7.74. The van der Waals surface area contributed by atoms with Crippen molar-refractivity contribution in [1.82, 2.24) is 20.0 Å². The maximum atomic E-state index is 13.9. The van der Waals surface area contributed by atoms with E-state index in [0.717, 1.165) is 37.7 Å². The van der Waals surface area contributed by atoms with Gasteiger partial charge >= 0.3 is 0 Å². The lowest BCUT2D eigenvalue weighted by atomic mass is 10.1. The van der Waals surface area contributed by atoms with Crippen LogP contribution in [0.25, 0.3) is 5.69 Å². The molecule has 5 nitrogen and oxygen atoms in total. The largest absolute Gasteiger partial charge is 0.352 e. The fraction of sp³-hybridized carbons (Fsp3) is 0.444. The minimum absolute atomic E-state index is 0.0721. The molecule has 1 aliphatic rings. The highest BCUT2D eigenvalue weighted by Gasteiger charge is 2.21. The lowest BCUT2D eigenvalue weighted by molar-refractivity contribution is -0.121. The summed E-state index contributed by atoms with van der Waals surface area (Å²) in [4.78, 5) is 13.8. The van der Waals surface area contributed by atoms with Crippen LogP contribution in [0.15, 0.2) is 30.5 Å². The fourth-order valence-corrected chi connectivity index (χ4v) is 3.12. The molecule has 0 radical (unpaired) electrons. The predicted molar refractivity (Wildman–Crippen MR) is 90.2 cm³/mol. The molecule has 0 aliphatic carbocycles. The molecule has 2 heterocycles. The van der Waals surface area contributed by atoms with Crippen molar-refractivity contribution in [1.29, 1.82) is 0 Å². The number of amides is 1. The summed E-state index contributed by atoms with van der Waals surface area (Å²) in [5.74, 6) is -1.18. The maximum Gasteiger partial charge on any atom is 0.219 e. The normalized spacial score (nSPS) is 18.3. The zero-order valence-electron chi connectivity index (χ0n) is 14.2. The number of aromatic nitrogens is 2. The van der Waals surface area contributed by atoms with Crippen molar-refractivity contribution in [3.8, 4) is 5.69 Å². The van der Waals surface area contributed by atoms with E-state index in [1.54, 1.807) is 6.20 Å². The van der Waals surface area contributed by atoms with Crippen LogP contribution in [0, 0.1) is 11.6 Å². The Labute approximate surface area is 145 Å². The third kappa shape index (κ3) is 4.42. The molecule has 0 bridgehead atoms. The second-order valence-corrected chi connectivity index (χ2v) is 6.34. The number of nitrogens with one attached hydrogen (secondary N) is 1. The highest BCUT2D eigenvalue weighted by molar-refractivity contribution is 5.75. The highest BCUT2D eigenvalue weighted by Crippen LogP contribution is 2.16.